The summed E-state index contributed by atoms with van der Waals surface area (Å²) in [7, 11) is 0. The van der Waals surface area contributed by atoms with Crippen LogP contribution in [-0.4, -0.2) is 26.6 Å². The van der Waals surface area contributed by atoms with Gasteiger partial charge in [0.05, 0.1) is 17.2 Å². The predicted molar refractivity (Wildman–Crippen MR) is 116 cm³/mol. The predicted octanol–water partition coefficient (Wildman–Crippen LogP) is 4.28. The standard InChI is InChI=1S/C24H19N3O4/c1-2-17-11-10-16(14-22(17)27(30)31)13-21-19-8-3-4-9-20(19)23(28)26(24(21)29)15-18-7-5-6-12-25-18/h3-14H,2,15H2,1H3/b21-13-. The number of aryl methyl sites for hydroxylation is 1. The Labute approximate surface area is 178 Å². The van der Waals surface area contributed by atoms with E-state index in [2.05, 4.69) is 4.98 Å². The number of nitrogens with zero attached hydrogens (tertiary/aromatic N) is 3. The van der Waals surface area contributed by atoms with Gasteiger partial charge in [-0.1, -0.05) is 43.3 Å². The van der Waals surface area contributed by atoms with Crippen molar-refractivity contribution in [1.82, 2.24) is 9.88 Å². The van der Waals surface area contributed by atoms with Gasteiger partial charge in [0, 0.05) is 29.0 Å². The summed E-state index contributed by atoms with van der Waals surface area (Å²) >= 11 is 0. The van der Waals surface area contributed by atoms with Gasteiger partial charge in [0.15, 0.2) is 0 Å². The fraction of sp³-hybridized carbons (Fsp3) is 0.125. The molecule has 0 atom stereocenters. The molecule has 2 heterocycles. The number of aromatic nitrogens is 1. The molecule has 7 heteroatoms. The minimum Gasteiger partial charge on any atom is -0.269 e. The Bertz CT molecular complexity index is 1220. The van der Waals surface area contributed by atoms with E-state index < -0.39 is 16.7 Å². The molecule has 0 aliphatic carbocycles. The van der Waals surface area contributed by atoms with Crippen molar-refractivity contribution in [2.45, 2.75) is 19.9 Å². The van der Waals surface area contributed by atoms with Crippen LogP contribution in [0.4, 0.5) is 5.69 Å². The first-order valence-electron chi connectivity index (χ1n) is 9.84. The number of hydrogen-bond acceptors (Lipinski definition) is 5. The molecular weight excluding hydrogens is 394 g/mol. The van der Waals surface area contributed by atoms with E-state index in [0.29, 0.717) is 39.9 Å². The molecule has 0 radical (unpaired) electrons. The van der Waals surface area contributed by atoms with Crippen LogP contribution < -0.4 is 0 Å². The zero-order valence-electron chi connectivity index (χ0n) is 16.8. The van der Waals surface area contributed by atoms with Crippen molar-refractivity contribution >= 4 is 29.2 Å². The summed E-state index contributed by atoms with van der Waals surface area (Å²) in [6.07, 6.45) is 3.74. The molecule has 3 aromatic rings. The van der Waals surface area contributed by atoms with Gasteiger partial charge in [-0.25, -0.2) is 0 Å². The van der Waals surface area contributed by atoms with Gasteiger partial charge in [0.1, 0.15) is 0 Å². The van der Waals surface area contributed by atoms with E-state index in [1.807, 2.05) is 6.92 Å². The van der Waals surface area contributed by atoms with E-state index in [9.17, 15) is 19.7 Å². The number of benzene rings is 2. The van der Waals surface area contributed by atoms with E-state index in [0.717, 1.165) is 4.90 Å². The number of fused-ring (bicyclic) bond motifs is 1. The molecule has 0 fully saturated rings. The maximum Gasteiger partial charge on any atom is 0.273 e. The third-order valence-corrected chi connectivity index (χ3v) is 5.21. The Morgan fingerprint density at radius 2 is 1.74 bits per heavy atom. The Kier molecular flexibility index (Phi) is 5.41. The summed E-state index contributed by atoms with van der Waals surface area (Å²) in [4.78, 5) is 42.7. The lowest BCUT2D eigenvalue weighted by Gasteiger charge is -2.28. The Morgan fingerprint density at radius 1 is 1.00 bits per heavy atom. The fourth-order valence-corrected chi connectivity index (χ4v) is 3.65. The molecule has 1 aliphatic rings. The zero-order chi connectivity index (χ0) is 22.0. The Hall–Kier alpha value is -4.13. The molecule has 31 heavy (non-hydrogen) atoms. The van der Waals surface area contributed by atoms with E-state index in [-0.39, 0.29) is 12.2 Å². The number of rotatable bonds is 5. The molecule has 154 valence electrons. The number of carbonyl (C=O) groups excluding carboxylic acids is 2. The summed E-state index contributed by atoms with van der Waals surface area (Å²) in [5.41, 5.74) is 2.97. The van der Waals surface area contributed by atoms with E-state index >= 15 is 0 Å². The number of imide groups is 1. The maximum absolute atomic E-state index is 13.3. The second-order valence-corrected chi connectivity index (χ2v) is 7.12. The molecule has 0 saturated carbocycles. The summed E-state index contributed by atoms with van der Waals surface area (Å²) in [6, 6.07) is 17.1. The van der Waals surface area contributed by atoms with Crippen molar-refractivity contribution in [3.63, 3.8) is 0 Å². The van der Waals surface area contributed by atoms with Gasteiger partial charge in [-0.2, -0.15) is 0 Å². The average molecular weight is 413 g/mol. The largest absolute Gasteiger partial charge is 0.273 e. The third kappa shape index (κ3) is 3.85. The molecule has 0 unspecified atom stereocenters. The first-order valence-corrected chi connectivity index (χ1v) is 9.84. The molecule has 0 saturated heterocycles. The third-order valence-electron chi connectivity index (χ3n) is 5.21. The topological polar surface area (TPSA) is 93.4 Å². The summed E-state index contributed by atoms with van der Waals surface area (Å²) in [6.45, 7) is 1.89. The highest BCUT2D eigenvalue weighted by molar-refractivity contribution is 6.33. The van der Waals surface area contributed by atoms with Gasteiger partial charge >= 0.3 is 0 Å². The number of nitro groups is 1. The van der Waals surface area contributed by atoms with Crippen LogP contribution >= 0.6 is 0 Å². The van der Waals surface area contributed by atoms with Crippen LogP contribution in [0, 0.1) is 10.1 Å². The Balaban J connectivity index is 1.81. The second kappa shape index (κ2) is 8.31. The SMILES string of the molecule is CCc1ccc(/C=C2\C(=O)N(Cc3ccccn3)C(=O)c3ccccc32)cc1[N+](=O)[O-]. The van der Waals surface area contributed by atoms with Crippen LogP contribution in [0.3, 0.4) is 0 Å². The van der Waals surface area contributed by atoms with Crippen molar-refractivity contribution < 1.29 is 14.5 Å². The normalized spacial score (nSPS) is 14.6. The molecule has 0 spiro atoms. The summed E-state index contributed by atoms with van der Waals surface area (Å²) in [5, 5.41) is 11.4. The van der Waals surface area contributed by atoms with Crippen LogP contribution in [0.5, 0.6) is 0 Å². The number of amides is 2. The highest BCUT2D eigenvalue weighted by Gasteiger charge is 2.34. The number of hydrogen-bond donors (Lipinski definition) is 0. The smallest absolute Gasteiger partial charge is 0.269 e. The van der Waals surface area contributed by atoms with Gasteiger partial charge < -0.3 is 0 Å². The average Bonchev–Trinajstić information content (AvgIpc) is 2.80. The molecule has 1 aliphatic heterocycles. The van der Waals surface area contributed by atoms with Gasteiger partial charge in [0.2, 0.25) is 0 Å². The van der Waals surface area contributed by atoms with E-state index in [1.165, 1.54) is 6.07 Å². The number of nitro benzene ring substituents is 1. The molecular formula is C24H19N3O4. The van der Waals surface area contributed by atoms with Crippen LogP contribution in [0.15, 0.2) is 66.9 Å². The quantitative estimate of drug-likeness (QED) is 0.269. The van der Waals surface area contributed by atoms with Crippen LogP contribution in [0.25, 0.3) is 11.6 Å². The minimum absolute atomic E-state index is 0.00908. The second-order valence-electron chi connectivity index (χ2n) is 7.12. The number of carbonyl (C=O) groups is 2. The highest BCUT2D eigenvalue weighted by atomic mass is 16.6. The highest BCUT2D eigenvalue weighted by Crippen LogP contribution is 2.32. The molecule has 0 N–H and O–H groups in total. The van der Waals surface area contributed by atoms with Crippen LogP contribution in [0.1, 0.15) is 39.7 Å². The first kappa shape index (κ1) is 20.2. The first-order chi connectivity index (χ1) is 15.0. The van der Waals surface area contributed by atoms with Crippen molar-refractivity contribution in [3.05, 3.63) is 105 Å². The van der Waals surface area contributed by atoms with Crippen LogP contribution in [-0.2, 0) is 17.8 Å². The van der Waals surface area contributed by atoms with E-state index in [1.54, 1.807) is 66.9 Å². The lowest BCUT2D eigenvalue weighted by molar-refractivity contribution is -0.385. The zero-order valence-corrected chi connectivity index (χ0v) is 16.8. The van der Waals surface area contributed by atoms with Crippen molar-refractivity contribution in [1.29, 1.82) is 0 Å². The molecule has 0 bridgehead atoms. The maximum atomic E-state index is 13.3. The van der Waals surface area contributed by atoms with Gasteiger partial charge in [-0.05, 0) is 41.8 Å². The molecule has 2 amide bonds. The van der Waals surface area contributed by atoms with Gasteiger partial charge in [0.25, 0.3) is 17.5 Å². The van der Waals surface area contributed by atoms with Crippen molar-refractivity contribution in [2.75, 3.05) is 0 Å². The van der Waals surface area contributed by atoms with E-state index in [4.69, 9.17) is 0 Å². The number of pyridine rings is 1. The molecule has 1 aromatic heterocycles. The summed E-state index contributed by atoms with van der Waals surface area (Å²) in [5.74, 6) is -0.854. The van der Waals surface area contributed by atoms with Gasteiger partial charge in [-0.3, -0.25) is 29.6 Å². The lowest BCUT2D eigenvalue weighted by Crippen LogP contribution is -2.41. The molecule has 2 aromatic carbocycles. The molecule has 7 nitrogen and oxygen atoms in total. The van der Waals surface area contributed by atoms with Gasteiger partial charge in [-0.15, -0.1) is 0 Å². The van der Waals surface area contributed by atoms with Crippen LogP contribution in [0.2, 0.25) is 0 Å². The van der Waals surface area contributed by atoms with Crippen molar-refractivity contribution in [2.24, 2.45) is 0 Å². The lowest BCUT2D eigenvalue weighted by atomic mass is 9.91. The minimum atomic E-state index is -0.462. The molecule has 4 rings (SSSR count). The monoisotopic (exact) mass is 413 g/mol. The Morgan fingerprint density at radius 3 is 2.42 bits per heavy atom. The fourth-order valence-electron chi connectivity index (χ4n) is 3.65. The summed E-state index contributed by atoms with van der Waals surface area (Å²) < 4.78 is 0. The van der Waals surface area contributed by atoms with Crippen molar-refractivity contribution in [3.8, 4) is 0 Å².